The fourth-order valence-corrected chi connectivity index (χ4v) is 0.625. The Morgan fingerprint density at radius 2 is 2.44 bits per heavy atom. The zero-order valence-electron chi connectivity index (χ0n) is 5.10. The van der Waals surface area contributed by atoms with Gasteiger partial charge in [-0.3, -0.25) is 4.79 Å². The summed E-state index contributed by atoms with van der Waals surface area (Å²) >= 11 is 3.12. The van der Waals surface area contributed by atoms with Crippen LogP contribution in [0.4, 0.5) is 0 Å². The van der Waals surface area contributed by atoms with Crippen LogP contribution in [0.25, 0.3) is 0 Å². The van der Waals surface area contributed by atoms with Gasteiger partial charge < -0.3 is 4.74 Å². The van der Waals surface area contributed by atoms with E-state index >= 15 is 0 Å². The third-order valence-electron chi connectivity index (χ3n) is 0.661. The van der Waals surface area contributed by atoms with Crippen LogP contribution >= 0.6 is 15.9 Å². The molecule has 0 aliphatic carbocycles. The van der Waals surface area contributed by atoms with E-state index in [9.17, 15) is 4.79 Å². The number of halogens is 1. The smallest absolute Gasteiger partial charge is 0.306 e. The second kappa shape index (κ2) is 5.82. The summed E-state index contributed by atoms with van der Waals surface area (Å²) in [6.45, 7) is 3.72. The van der Waals surface area contributed by atoms with E-state index in [1.807, 2.05) is 0 Å². The summed E-state index contributed by atoms with van der Waals surface area (Å²) in [6, 6.07) is 0. The van der Waals surface area contributed by atoms with Crippen molar-refractivity contribution in [2.45, 2.75) is 6.42 Å². The van der Waals surface area contributed by atoms with Crippen molar-refractivity contribution in [2.75, 3.05) is 11.9 Å². The maximum absolute atomic E-state index is 10.5. The molecular formula is C6H9BrO2. The molecule has 0 bridgehead atoms. The molecule has 0 rings (SSSR count). The Morgan fingerprint density at radius 1 is 1.78 bits per heavy atom. The lowest BCUT2D eigenvalue weighted by Crippen LogP contribution is -2.03. The van der Waals surface area contributed by atoms with Gasteiger partial charge in [-0.15, -0.1) is 0 Å². The number of hydrogen-bond acceptors (Lipinski definition) is 2. The zero-order chi connectivity index (χ0) is 7.11. The van der Waals surface area contributed by atoms with E-state index in [0.29, 0.717) is 18.4 Å². The normalized spacial score (nSPS) is 8.56. The maximum atomic E-state index is 10.5. The standard InChI is InChI=1S/C6H9BrO2/c1-2-5-9-6(8)3-4-7/h2H,1,3-5H2. The van der Waals surface area contributed by atoms with Gasteiger partial charge in [0, 0.05) is 5.33 Å². The van der Waals surface area contributed by atoms with Crippen molar-refractivity contribution in [3.8, 4) is 0 Å². The van der Waals surface area contributed by atoms with Crippen LogP contribution in [0.3, 0.4) is 0 Å². The molecule has 0 fully saturated rings. The van der Waals surface area contributed by atoms with Gasteiger partial charge in [0.15, 0.2) is 0 Å². The highest BCUT2D eigenvalue weighted by molar-refractivity contribution is 9.09. The van der Waals surface area contributed by atoms with Gasteiger partial charge in [-0.1, -0.05) is 28.6 Å². The molecule has 0 saturated carbocycles. The van der Waals surface area contributed by atoms with E-state index in [-0.39, 0.29) is 5.97 Å². The summed E-state index contributed by atoms with van der Waals surface area (Å²) in [5, 5.41) is 0.656. The average Bonchev–Trinajstić information content (AvgIpc) is 1.85. The largest absolute Gasteiger partial charge is 0.461 e. The summed E-state index contributed by atoms with van der Waals surface area (Å²) in [4.78, 5) is 10.5. The third kappa shape index (κ3) is 5.56. The lowest BCUT2D eigenvalue weighted by atomic mass is 10.5. The van der Waals surface area contributed by atoms with E-state index in [2.05, 4.69) is 27.2 Å². The van der Waals surface area contributed by atoms with Gasteiger partial charge in [0.1, 0.15) is 6.61 Å². The minimum absolute atomic E-state index is 0.188. The van der Waals surface area contributed by atoms with E-state index in [0.717, 1.165) is 0 Å². The van der Waals surface area contributed by atoms with Gasteiger partial charge in [-0.2, -0.15) is 0 Å². The van der Waals surface area contributed by atoms with Gasteiger partial charge in [-0.05, 0) is 0 Å². The molecule has 0 saturated heterocycles. The van der Waals surface area contributed by atoms with E-state index in [1.165, 1.54) is 0 Å². The second-order valence-corrected chi connectivity index (χ2v) is 2.20. The molecule has 0 amide bonds. The van der Waals surface area contributed by atoms with Crippen LogP contribution < -0.4 is 0 Å². The Labute approximate surface area is 63.0 Å². The van der Waals surface area contributed by atoms with Crippen LogP contribution in [-0.4, -0.2) is 17.9 Å². The molecule has 0 heterocycles. The first-order valence-electron chi connectivity index (χ1n) is 2.63. The first-order chi connectivity index (χ1) is 4.31. The number of carbonyl (C=O) groups excluding carboxylic acids is 1. The van der Waals surface area contributed by atoms with Crippen molar-refractivity contribution in [2.24, 2.45) is 0 Å². The average molecular weight is 193 g/mol. The molecule has 0 aliphatic heterocycles. The van der Waals surface area contributed by atoms with Crippen molar-refractivity contribution >= 4 is 21.9 Å². The Kier molecular flexibility index (Phi) is 5.62. The molecule has 0 aromatic carbocycles. The molecule has 0 spiro atoms. The summed E-state index contributed by atoms with van der Waals surface area (Å²) in [6.07, 6.45) is 1.97. The summed E-state index contributed by atoms with van der Waals surface area (Å²) in [5.74, 6) is -0.188. The summed E-state index contributed by atoms with van der Waals surface area (Å²) < 4.78 is 4.64. The zero-order valence-corrected chi connectivity index (χ0v) is 6.69. The monoisotopic (exact) mass is 192 g/mol. The number of esters is 1. The Bertz CT molecular complexity index is 101. The fourth-order valence-electron chi connectivity index (χ4n) is 0.301. The first kappa shape index (κ1) is 8.69. The first-order valence-corrected chi connectivity index (χ1v) is 3.76. The number of carbonyl (C=O) groups is 1. The van der Waals surface area contributed by atoms with E-state index in [1.54, 1.807) is 6.08 Å². The maximum Gasteiger partial charge on any atom is 0.306 e. The molecule has 3 heteroatoms. The fraction of sp³-hybridized carbons (Fsp3) is 0.500. The van der Waals surface area contributed by atoms with Crippen LogP contribution in [0.5, 0.6) is 0 Å². The third-order valence-corrected chi connectivity index (χ3v) is 1.06. The van der Waals surface area contributed by atoms with Gasteiger partial charge in [-0.25, -0.2) is 0 Å². The van der Waals surface area contributed by atoms with Crippen LogP contribution in [-0.2, 0) is 9.53 Å². The number of ether oxygens (including phenoxy) is 1. The molecule has 52 valence electrons. The Morgan fingerprint density at radius 3 is 2.89 bits per heavy atom. The quantitative estimate of drug-likeness (QED) is 0.384. The molecule has 2 nitrogen and oxygen atoms in total. The molecule has 0 aromatic heterocycles. The Balaban J connectivity index is 3.16. The lowest BCUT2D eigenvalue weighted by Gasteiger charge is -1.96. The van der Waals surface area contributed by atoms with Gasteiger partial charge in [0.2, 0.25) is 0 Å². The van der Waals surface area contributed by atoms with E-state index < -0.39 is 0 Å². The molecule has 0 N–H and O–H groups in total. The highest BCUT2D eigenvalue weighted by atomic mass is 79.9. The van der Waals surface area contributed by atoms with Crippen molar-refractivity contribution in [3.63, 3.8) is 0 Å². The second-order valence-electron chi connectivity index (χ2n) is 1.41. The van der Waals surface area contributed by atoms with Gasteiger partial charge in [0.25, 0.3) is 0 Å². The van der Waals surface area contributed by atoms with Crippen molar-refractivity contribution in [1.82, 2.24) is 0 Å². The lowest BCUT2D eigenvalue weighted by molar-refractivity contribution is -0.141. The number of hydrogen-bond donors (Lipinski definition) is 0. The van der Waals surface area contributed by atoms with Crippen molar-refractivity contribution in [3.05, 3.63) is 12.7 Å². The molecular weight excluding hydrogens is 184 g/mol. The van der Waals surface area contributed by atoms with Crippen LogP contribution in [0.15, 0.2) is 12.7 Å². The summed E-state index contributed by atoms with van der Waals surface area (Å²) in [7, 11) is 0. The molecule has 0 atom stereocenters. The van der Waals surface area contributed by atoms with E-state index in [4.69, 9.17) is 0 Å². The van der Waals surface area contributed by atoms with Gasteiger partial charge >= 0.3 is 5.97 Å². The highest BCUT2D eigenvalue weighted by Gasteiger charge is 1.96. The summed E-state index contributed by atoms with van der Waals surface area (Å²) in [5.41, 5.74) is 0. The van der Waals surface area contributed by atoms with Crippen LogP contribution in [0.2, 0.25) is 0 Å². The molecule has 0 radical (unpaired) electrons. The minimum atomic E-state index is -0.188. The molecule has 0 aromatic rings. The number of rotatable bonds is 4. The molecule has 9 heavy (non-hydrogen) atoms. The van der Waals surface area contributed by atoms with Crippen LogP contribution in [0, 0.1) is 0 Å². The number of alkyl halides is 1. The van der Waals surface area contributed by atoms with Crippen LogP contribution in [0.1, 0.15) is 6.42 Å². The Hall–Kier alpha value is -0.310. The molecule has 0 aliphatic rings. The van der Waals surface area contributed by atoms with Gasteiger partial charge in [0.05, 0.1) is 6.42 Å². The van der Waals surface area contributed by atoms with Crippen molar-refractivity contribution < 1.29 is 9.53 Å². The predicted octanol–water partition coefficient (Wildman–Crippen LogP) is 1.50. The highest BCUT2D eigenvalue weighted by Crippen LogP contribution is 1.90. The minimum Gasteiger partial charge on any atom is -0.461 e. The topological polar surface area (TPSA) is 26.3 Å². The predicted molar refractivity (Wildman–Crippen MR) is 39.6 cm³/mol. The van der Waals surface area contributed by atoms with Crippen molar-refractivity contribution in [1.29, 1.82) is 0 Å². The molecule has 0 unspecified atom stereocenters. The SMILES string of the molecule is C=CCOC(=O)CCBr.